The van der Waals surface area contributed by atoms with E-state index < -0.39 is 65.5 Å². The number of ether oxygens (including phenoxy) is 2. The number of rotatable bonds is 20. The molecule has 1 saturated carbocycles. The summed E-state index contributed by atoms with van der Waals surface area (Å²) in [7, 11) is 1.52. The van der Waals surface area contributed by atoms with Crippen LogP contribution >= 0.6 is 0 Å². The average molecular weight is 767 g/mol. The number of aliphatic hydroxyl groups is 1. The maximum absolute atomic E-state index is 17.3. The fourth-order valence-corrected chi connectivity index (χ4v) is 6.68. The van der Waals surface area contributed by atoms with Gasteiger partial charge in [-0.1, -0.05) is 85.8 Å². The zero-order valence-corrected chi connectivity index (χ0v) is 34.3. The quantitative estimate of drug-likeness (QED) is 0.122. The van der Waals surface area contributed by atoms with Gasteiger partial charge >= 0.3 is 11.9 Å². The lowest BCUT2D eigenvalue weighted by atomic mass is 9.82. The molecule has 5 atom stereocenters. The third-order valence-corrected chi connectivity index (χ3v) is 9.80. The molecule has 0 heterocycles. The SMILES string of the molecule is COc1ccc(C[C@H](NC(=O)CC(C)C)C(=O)NC(CC2CCCCC2)C(O)C(F)(F)C(C(=O)OC(C)(C)C)N(CCC(C)C)C(=O)[C@@H](N)C(C)C)cc1. The molecular formula is C41H68F2N4O7. The molecule has 1 fully saturated rings. The van der Waals surface area contributed by atoms with E-state index in [4.69, 9.17) is 15.2 Å². The summed E-state index contributed by atoms with van der Waals surface area (Å²) >= 11 is 0. The van der Waals surface area contributed by atoms with Crippen LogP contribution in [0.2, 0.25) is 0 Å². The minimum Gasteiger partial charge on any atom is -0.497 e. The number of hydrogen-bond donors (Lipinski definition) is 4. The largest absolute Gasteiger partial charge is 0.497 e. The molecule has 0 aromatic heterocycles. The number of amides is 3. The van der Waals surface area contributed by atoms with E-state index in [0.717, 1.165) is 24.2 Å². The number of esters is 1. The van der Waals surface area contributed by atoms with Crippen molar-refractivity contribution in [3.05, 3.63) is 29.8 Å². The van der Waals surface area contributed by atoms with Gasteiger partial charge in [0.1, 0.15) is 23.5 Å². The van der Waals surface area contributed by atoms with E-state index in [1.54, 1.807) is 38.1 Å². The summed E-state index contributed by atoms with van der Waals surface area (Å²) in [6, 6.07) is 0.430. The second-order valence-corrected chi connectivity index (χ2v) is 17.2. The number of carbonyl (C=O) groups is 4. The maximum atomic E-state index is 17.3. The molecule has 1 aliphatic carbocycles. The van der Waals surface area contributed by atoms with Crippen molar-refractivity contribution in [3.8, 4) is 5.75 Å². The lowest BCUT2D eigenvalue weighted by Crippen LogP contribution is -2.67. The monoisotopic (exact) mass is 767 g/mol. The number of nitrogens with two attached hydrogens (primary N) is 1. The van der Waals surface area contributed by atoms with Crippen molar-refractivity contribution >= 4 is 23.7 Å². The number of nitrogens with one attached hydrogen (secondary N) is 2. The summed E-state index contributed by atoms with van der Waals surface area (Å²) in [5.74, 6) is -7.71. The molecule has 0 aliphatic heterocycles. The first-order chi connectivity index (χ1) is 25.1. The van der Waals surface area contributed by atoms with Gasteiger partial charge in [0.05, 0.1) is 19.2 Å². The number of halogens is 2. The number of nitrogens with zero attached hydrogens (tertiary/aromatic N) is 1. The summed E-state index contributed by atoms with van der Waals surface area (Å²) < 4.78 is 45.4. The van der Waals surface area contributed by atoms with Crippen molar-refractivity contribution < 1.29 is 42.5 Å². The molecule has 13 heteroatoms. The second-order valence-electron chi connectivity index (χ2n) is 17.2. The molecule has 3 unspecified atom stereocenters. The lowest BCUT2D eigenvalue weighted by molar-refractivity contribution is -0.203. The van der Waals surface area contributed by atoms with Gasteiger partial charge in [-0.05, 0) is 75.0 Å². The summed E-state index contributed by atoms with van der Waals surface area (Å²) in [5.41, 5.74) is 5.71. The van der Waals surface area contributed by atoms with Crippen molar-refractivity contribution in [2.45, 2.75) is 162 Å². The van der Waals surface area contributed by atoms with E-state index in [2.05, 4.69) is 10.6 Å². The highest BCUT2D eigenvalue weighted by Gasteiger charge is 2.58. The summed E-state index contributed by atoms with van der Waals surface area (Å²) in [5, 5.41) is 17.3. The third kappa shape index (κ3) is 14.7. The van der Waals surface area contributed by atoms with Crippen LogP contribution < -0.4 is 21.1 Å². The van der Waals surface area contributed by atoms with Crippen LogP contribution in [0, 0.1) is 23.7 Å². The Hall–Kier alpha value is -3.32. The van der Waals surface area contributed by atoms with Gasteiger partial charge in [-0.3, -0.25) is 14.4 Å². The Morgan fingerprint density at radius 2 is 1.54 bits per heavy atom. The van der Waals surface area contributed by atoms with Crippen LogP contribution in [-0.2, 0) is 30.3 Å². The van der Waals surface area contributed by atoms with E-state index in [-0.39, 0.29) is 55.9 Å². The molecule has 1 aliphatic rings. The highest BCUT2D eigenvalue weighted by atomic mass is 19.3. The molecule has 2 rings (SSSR count). The maximum Gasteiger partial charge on any atom is 0.335 e. The average Bonchev–Trinajstić information content (AvgIpc) is 3.07. The van der Waals surface area contributed by atoms with Crippen LogP contribution in [0.15, 0.2) is 24.3 Å². The highest BCUT2D eigenvalue weighted by Crippen LogP contribution is 2.36. The molecule has 0 radical (unpaired) electrons. The van der Waals surface area contributed by atoms with Crippen molar-refractivity contribution in [1.29, 1.82) is 0 Å². The molecule has 1 aromatic rings. The van der Waals surface area contributed by atoms with Crippen molar-refractivity contribution in [2.75, 3.05) is 13.7 Å². The number of alkyl halides is 2. The van der Waals surface area contributed by atoms with Crippen LogP contribution in [0.5, 0.6) is 5.75 Å². The van der Waals surface area contributed by atoms with Gasteiger partial charge in [0.15, 0.2) is 6.04 Å². The Balaban J connectivity index is 2.66. The molecule has 1 aromatic carbocycles. The molecule has 0 saturated heterocycles. The zero-order valence-electron chi connectivity index (χ0n) is 34.3. The first-order valence-corrected chi connectivity index (χ1v) is 19.6. The topological polar surface area (TPSA) is 160 Å². The zero-order chi connectivity index (χ0) is 41.0. The molecule has 54 heavy (non-hydrogen) atoms. The van der Waals surface area contributed by atoms with E-state index in [1.807, 2.05) is 27.7 Å². The number of hydrogen-bond acceptors (Lipinski definition) is 8. The van der Waals surface area contributed by atoms with Gasteiger partial charge < -0.3 is 35.8 Å². The summed E-state index contributed by atoms with van der Waals surface area (Å²) in [6.07, 6.45) is 1.95. The van der Waals surface area contributed by atoms with Crippen LogP contribution in [0.25, 0.3) is 0 Å². The van der Waals surface area contributed by atoms with Crippen LogP contribution in [0.4, 0.5) is 8.78 Å². The molecule has 0 spiro atoms. The summed E-state index contributed by atoms with van der Waals surface area (Å²) in [4.78, 5) is 55.7. The van der Waals surface area contributed by atoms with E-state index >= 15 is 8.78 Å². The number of aliphatic hydroxyl groups excluding tert-OH is 1. The van der Waals surface area contributed by atoms with Gasteiger partial charge in [0, 0.05) is 19.4 Å². The smallest absolute Gasteiger partial charge is 0.335 e. The predicted molar refractivity (Wildman–Crippen MR) is 206 cm³/mol. The van der Waals surface area contributed by atoms with Crippen molar-refractivity contribution in [1.82, 2.24) is 15.5 Å². The molecule has 3 amide bonds. The molecule has 11 nitrogen and oxygen atoms in total. The van der Waals surface area contributed by atoms with Gasteiger partial charge in [-0.25, -0.2) is 13.6 Å². The standard InChI is InChI=1S/C41H68F2N4O7/c1-25(2)20-21-47(38(51)34(44)27(5)6)35(39(52)54-40(7,8)9)41(42,43)36(49)31(23-28-14-12-11-13-15-28)46-37(50)32(45-33(48)22-26(3)4)24-29-16-18-30(53-10)19-17-29/h16-19,25-28,31-32,34-36,49H,11-15,20-24,44H2,1-10H3,(H,45,48)(H,46,50)/t31?,32-,34-,35?,36?/m0/s1. The second kappa shape index (κ2) is 21.1. The fourth-order valence-electron chi connectivity index (χ4n) is 6.68. The van der Waals surface area contributed by atoms with Gasteiger partial charge in [0.2, 0.25) is 17.7 Å². The molecule has 5 N–H and O–H groups in total. The Kier molecular flexibility index (Phi) is 18.3. The minimum atomic E-state index is -4.31. The minimum absolute atomic E-state index is 0.00974. The van der Waals surface area contributed by atoms with Gasteiger partial charge in [-0.15, -0.1) is 0 Å². The number of benzene rings is 1. The van der Waals surface area contributed by atoms with E-state index in [1.165, 1.54) is 27.9 Å². The fraction of sp³-hybridized carbons (Fsp3) is 0.756. The van der Waals surface area contributed by atoms with Crippen molar-refractivity contribution in [3.63, 3.8) is 0 Å². The van der Waals surface area contributed by atoms with E-state index in [9.17, 15) is 24.3 Å². The highest BCUT2D eigenvalue weighted by molar-refractivity contribution is 5.89. The third-order valence-electron chi connectivity index (χ3n) is 9.80. The van der Waals surface area contributed by atoms with Gasteiger partial charge in [0.25, 0.3) is 0 Å². The first kappa shape index (κ1) is 46.8. The number of methoxy groups -OCH3 is 1. The summed E-state index contributed by atoms with van der Waals surface area (Å²) in [6.45, 7) is 15.1. The van der Waals surface area contributed by atoms with E-state index in [0.29, 0.717) is 24.2 Å². The van der Waals surface area contributed by atoms with Crippen LogP contribution in [0.3, 0.4) is 0 Å². The molecule has 0 bridgehead atoms. The molecule has 308 valence electrons. The number of carbonyl (C=O) groups excluding carboxylic acids is 4. The Morgan fingerprint density at radius 1 is 0.944 bits per heavy atom. The Bertz CT molecular complexity index is 1340. The predicted octanol–water partition coefficient (Wildman–Crippen LogP) is 5.79. The Labute approximate surface area is 321 Å². The lowest BCUT2D eigenvalue weighted by Gasteiger charge is -2.42. The first-order valence-electron chi connectivity index (χ1n) is 19.6. The van der Waals surface area contributed by atoms with Crippen LogP contribution in [-0.4, -0.2) is 89.1 Å². The Morgan fingerprint density at radius 3 is 2.04 bits per heavy atom. The normalized spacial score (nSPS) is 17.1. The van der Waals surface area contributed by atoms with Crippen molar-refractivity contribution in [2.24, 2.45) is 29.4 Å². The molecular weight excluding hydrogens is 698 g/mol. The van der Waals surface area contributed by atoms with Crippen LogP contribution in [0.1, 0.15) is 119 Å². The van der Waals surface area contributed by atoms with Gasteiger partial charge in [-0.2, -0.15) is 0 Å².